The predicted molar refractivity (Wildman–Crippen MR) is 79.9 cm³/mol. The van der Waals surface area contributed by atoms with Gasteiger partial charge >= 0.3 is 0 Å². The molecule has 1 heterocycles. The first-order valence-corrected chi connectivity index (χ1v) is 7.24. The second-order valence-corrected chi connectivity index (χ2v) is 5.98. The van der Waals surface area contributed by atoms with E-state index in [1.807, 2.05) is 0 Å². The summed E-state index contributed by atoms with van der Waals surface area (Å²) in [7, 11) is 2.22. The average Bonchev–Trinajstić information content (AvgIpc) is 3.00. The van der Waals surface area contributed by atoms with E-state index >= 15 is 0 Å². The SMILES string of the molecule is CN1CCN(CC2=C3CC(=C2)c2ccccc23)CC1. The van der Waals surface area contributed by atoms with E-state index in [2.05, 4.69) is 47.2 Å². The minimum absolute atomic E-state index is 1.14. The first-order chi connectivity index (χ1) is 9.31. The molecule has 1 aromatic carbocycles. The quantitative estimate of drug-likeness (QED) is 0.798. The Morgan fingerprint density at radius 1 is 1.00 bits per heavy atom. The molecule has 19 heavy (non-hydrogen) atoms. The molecule has 1 fully saturated rings. The summed E-state index contributed by atoms with van der Waals surface area (Å²) in [5, 5.41) is 0. The van der Waals surface area contributed by atoms with Crippen molar-refractivity contribution in [2.45, 2.75) is 6.42 Å². The molecule has 2 nitrogen and oxygen atoms in total. The molecule has 0 atom stereocenters. The number of allylic oxidation sites excluding steroid dienone is 2. The lowest BCUT2D eigenvalue weighted by atomic mass is 9.98. The number of likely N-dealkylation sites (N-methyl/N-ethyl adjacent to an activating group) is 1. The highest BCUT2D eigenvalue weighted by Crippen LogP contribution is 2.47. The van der Waals surface area contributed by atoms with Gasteiger partial charge in [-0.2, -0.15) is 0 Å². The number of hydrogen-bond acceptors (Lipinski definition) is 2. The van der Waals surface area contributed by atoms with Gasteiger partial charge in [0.1, 0.15) is 0 Å². The van der Waals surface area contributed by atoms with Gasteiger partial charge in [-0.15, -0.1) is 0 Å². The Balaban J connectivity index is 1.57. The Morgan fingerprint density at radius 2 is 1.74 bits per heavy atom. The molecule has 1 aliphatic heterocycles. The van der Waals surface area contributed by atoms with Crippen molar-refractivity contribution in [2.75, 3.05) is 39.8 Å². The molecule has 98 valence electrons. The normalized spacial score (nSPS) is 22.9. The zero-order chi connectivity index (χ0) is 12.8. The van der Waals surface area contributed by atoms with Crippen LogP contribution < -0.4 is 0 Å². The fourth-order valence-electron chi connectivity index (χ4n) is 3.51. The fraction of sp³-hybridized carbons (Fsp3) is 0.412. The molecular formula is C17H20N2. The van der Waals surface area contributed by atoms with Crippen LogP contribution in [0.2, 0.25) is 0 Å². The van der Waals surface area contributed by atoms with E-state index < -0.39 is 0 Å². The highest BCUT2D eigenvalue weighted by atomic mass is 15.2. The van der Waals surface area contributed by atoms with Crippen molar-refractivity contribution in [3.8, 4) is 0 Å². The van der Waals surface area contributed by atoms with Crippen LogP contribution in [0.25, 0.3) is 11.1 Å². The molecule has 4 rings (SSSR count). The number of nitrogens with zero attached hydrogens (tertiary/aromatic N) is 2. The molecule has 0 N–H and O–H groups in total. The standard InChI is InChI=1S/C17H20N2/c1-18-6-8-19(9-7-18)12-14-10-13-11-17(14)16-5-3-2-4-15(13)16/h2-5,10H,6-9,11-12H2,1H3. The zero-order valence-electron chi connectivity index (χ0n) is 11.5. The summed E-state index contributed by atoms with van der Waals surface area (Å²) in [4.78, 5) is 5.02. The van der Waals surface area contributed by atoms with Gasteiger partial charge in [-0.1, -0.05) is 30.3 Å². The number of hydrogen-bond donors (Lipinski definition) is 0. The molecule has 0 radical (unpaired) electrons. The van der Waals surface area contributed by atoms with Gasteiger partial charge in [0.05, 0.1) is 0 Å². The highest BCUT2D eigenvalue weighted by Gasteiger charge is 2.29. The molecule has 0 aromatic heterocycles. The maximum Gasteiger partial charge on any atom is 0.0238 e. The van der Waals surface area contributed by atoms with Crippen molar-refractivity contribution in [1.29, 1.82) is 0 Å². The molecule has 2 aliphatic carbocycles. The largest absolute Gasteiger partial charge is 0.304 e. The van der Waals surface area contributed by atoms with Gasteiger partial charge in [-0.25, -0.2) is 0 Å². The van der Waals surface area contributed by atoms with Gasteiger partial charge in [-0.05, 0) is 41.3 Å². The van der Waals surface area contributed by atoms with Gasteiger partial charge < -0.3 is 4.90 Å². The fourth-order valence-corrected chi connectivity index (χ4v) is 3.51. The molecule has 0 spiro atoms. The second kappa shape index (κ2) is 4.32. The van der Waals surface area contributed by atoms with Crippen LogP contribution in [0.1, 0.15) is 17.5 Å². The van der Waals surface area contributed by atoms with Crippen LogP contribution in [0.15, 0.2) is 35.9 Å². The summed E-state index contributed by atoms with van der Waals surface area (Å²) in [5.41, 5.74) is 7.65. The van der Waals surface area contributed by atoms with Crippen LogP contribution in [-0.4, -0.2) is 49.6 Å². The summed E-state index contributed by atoms with van der Waals surface area (Å²) in [6, 6.07) is 8.87. The van der Waals surface area contributed by atoms with Crippen LogP contribution in [0.4, 0.5) is 0 Å². The van der Waals surface area contributed by atoms with E-state index in [1.165, 1.54) is 49.3 Å². The third-order valence-corrected chi connectivity index (χ3v) is 4.69. The topological polar surface area (TPSA) is 6.48 Å². The Morgan fingerprint density at radius 3 is 2.53 bits per heavy atom. The van der Waals surface area contributed by atoms with Crippen LogP contribution >= 0.6 is 0 Å². The third kappa shape index (κ3) is 1.87. The first-order valence-electron chi connectivity index (χ1n) is 7.24. The van der Waals surface area contributed by atoms with E-state index in [9.17, 15) is 0 Å². The van der Waals surface area contributed by atoms with Gasteiger partial charge in [0.2, 0.25) is 0 Å². The molecule has 0 amide bonds. The summed E-state index contributed by atoms with van der Waals surface area (Å²) in [6.07, 6.45) is 3.61. The summed E-state index contributed by atoms with van der Waals surface area (Å²) < 4.78 is 0. The lowest BCUT2D eigenvalue weighted by molar-refractivity contribution is 0.165. The minimum Gasteiger partial charge on any atom is -0.304 e. The summed E-state index contributed by atoms with van der Waals surface area (Å²) in [6.45, 7) is 5.96. The average molecular weight is 252 g/mol. The Kier molecular flexibility index (Phi) is 2.61. The van der Waals surface area contributed by atoms with E-state index in [0.29, 0.717) is 0 Å². The van der Waals surface area contributed by atoms with E-state index in [0.717, 1.165) is 6.54 Å². The maximum atomic E-state index is 2.60. The van der Waals surface area contributed by atoms with E-state index in [4.69, 9.17) is 0 Å². The number of piperazine rings is 1. The van der Waals surface area contributed by atoms with Gasteiger partial charge in [0.25, 0.3) is 0 Å². The van der Waals surface area contributed by atoms with Crippen LogP contribution in [-0.2, 0) is 0 Å². The first kappa shape index (κ1) is 11.4. The molecular weight excluding hydrogens is 232 g/mol. The minimum atomic E-state index is 1.14. The van der Waals surface area contributed by atoms with Crippen molar-refractivity contribution < 1.29 is 0 Å². The number of benzene rings is 1. The van der Waals surface area contributed by atoms with Crippen LogP contribution in [0, 0.1) is 0 Å². The van der Waals surface area contributed by atoms with Gasteiger partial charge in [0, 0.05) is 32.7 Å². The van der Waals surface area contributed by atoms with Crippen molar-refractivity contribution in [1.82, 2.24) is 9.80 Å². The monoisotopic (exact) mass is 252 g/mol. The van der Waals surface area contributed by atoms with Gasteiger partial charge in [0.15, 0.2) is 0 Å². The Bertz CT molecular complexity index is 575. The Hall–Kier alpha value is -1.38. The zero-order valence-corrected chi connectivity index (χ0v) is 11.5. The van der Waals surface area contributed by atoms with Crippen molar-refractivity contribution in [3.05, 3.63) is 47.0 Å². The predicted octanol–water partition coefficient (Wildman–Crippen LogP) is 2.49. The van der Waals surface area contributed by atoms with E-state index in [-0.39, 0.29) is 0 Å². The van der Waals surface area contributed by atoms with Gasteiger partial charge in [-0.3, -0.25) is 4.90 Å². The molecule has 2 bridgehead atoms. The summed E-state index contributed by atoms with van der Waals surface area (Å²) >= 11 is 0. The van der Waals surface area contributed by atoms with E-state index in [1.54, 1.807) is 11.1 Å². The lowest BCUT2D eigenvalue weighted by Crippen LogP contribution is -2.44. The lowest BCUT2D eigenvalue weighted by Gasteiger charge is -2.32. The van der Waals surface area contributed by atoms with Crippen LogP contribution in [0.5, 0.6) is 0 Å². The third-order valence-electron chi connectivity index (χ3n) is 4.69. The number of fused-ring (bicyclic) bond motifs is 5. The smallest absolute Gasteiger partial charge is 0.0238 e. The van der Waals surface area contributed by atoms with Crippen LogP contribution in [0.3, 0.4) is 0 Å². The molecule has 2 heteroatoms. The van der Waals surface area contributed by atoms with Crippen molar-refractivity contribution in [3.63, 3.8) is 0 Å². The van der Waals surface area contributed by atoms with Crippen molar-refractivity contribution in [2.24, 2.45) is 0 Å². The molecule has 3 aliphatic rings. The molecule has 1 saturated heterocycles. The Labute approximate surface area is 115 Å². The molecule has 0 saturated carbocycles. The molecule has 1 aromatic rings. The summed E-state index contributed by atoms with van der Waals surface area (Å²) in [5.74, 6) is 0. The van der Waals surface area contributed by atoms with Crippen molar-refractivity contribution >= 4 is 11.1 Å². The molecule has 0 unspecified atom stereocenters. The number of rotatable bonds is 2. The maximum absolute atomic E-state index is 2.60. The second-order valence-electron chi connectivity index (χ2n) is 5.98. The highest BCUT2D eigenvalue weighted by molar-refractivity contribution is 6.00.